The van der Waals surface area contributed by atoms with Gasteiger partial charge >= 0.3 is 0 Å². The number of rotatable bonds is 6. The van der Waals surface area contributed by atoms with Gasteiger partial charge in [0.05, 0.1) is 13.2 Å². The van der Waals surface area contributed by atoms with Crippen LogP contribution in [0.4, 0.5) is 4.39 Å². The minimum absolute atomic E-state index is 0.0907. The largest absolute Gasteiger partial charge is 0.495 e. The summed E-state index contributed by atoms with van der Waals surface area (Å²) in [7, 11) is 0.389. The number of ether oxygens (including phenoxy) is 1. The number of nitrogens with one attached hydrogen (secondary N) is 1. The average Bonchev–Trinajstić information content (AvgIpc) is 2.61. The van der Waals surface area contributed by atoms with E-state index < -0.39 is 15.9 Å². The van der Waals surface area contributed by atoms with E-state index >= 15 is 0 Å². The molecule has 1 N–H and O–H groups in total. The fourth-order valence-electron chi connectivity index (χ4n) is 2.33. The maximum absolute atomic E-state index is 13.0. The first-order chi connectivity index (χ1) is 12.2. The second kappa shape index (κ2) is 7.84. The van der Waals surface area contributed by atoms with Gasteiger partial charge in [0, 0.05) is 19.7 Å². The van der Waals surface area contributed by atoms with Crippen molar-refractivity contribution in [3.8, 4) is 5.75 Å². The number of carbonyl (C=O) groups is 1. The number of benzene rings is 2. The van der Waals surface area contributed by atoms with E-state index in [1.165, 1.54) is 51.5 Å². The summed E-state index contributed by atoms with van der Waals surface area (Å²) in [6.45, 7) is 1.76. The van der Waals surface area contributed by atoms with Gasteiger partial charge in [0.15, 0.2) is 0 Å². The van der Waals surface area contributed by atoms with Crippen molar-refractivity contribution in [3.63, 3.8) is 0 Å². The highest BCUT2D eigenvalue weighted by atomic mass is 32.2. The Balaban J connectivity index is 2.30. The molecule has 0 radical (unpaired) electrons. The van der Waals surface area contributed by atoms with E-state index in [0.29, 0.717) is 0 Å². The summed E-state index contributed by atoms with van der Waals surface area (Å²) < 4.78 is 44.0. The quantitative estimate of drug-likeness (QED) is 0.836. The maximum Gasteiger partial charge on any atom is 0.251 e. The fraction of sp³-hybridized carbons (Fsp3) is 0.278. The number of hydrogen-bond acceptors (Lipinski definition) is 4. The Morgan fingerprint density at radius 2 is 1.77 bits per heavy atom. The summed E-state index contributed by atoms with van der Waals surface area (Å²) >= 11 is 0. The molecule has 0 unspecified atom stereocenters. The number of methoxy groups -OCH3 is 1. The van der Waals surface area contributed by atoms with Crippen molar-refractivity contribution in [2.45, 2.75) is 17.9 Å². The summed E-state index contributed by atoms with van der Waals surface area (Å²) in [5.41, 5.74) is 0.912. The second-order valence-electron chi connectivity index (χ2n) is 5.90. The zero-order valence-corrected chi connectivity index (χ0v) is 15.8. The van der Waals surface area contributed by atoms with Crippen molar-refractivity contribution in [1.82, 2.24) is 9.62 Å². The van der Waals surface area contributed by atoms with Crippen molar-refractivity contribution >= 4 is 15.9 Å². The van der Waals surface area contributed by atoms with Gasteiger partial charge < -0.3 is 10.1 Å². The van der Waals surface area contributed by atoms with Crippen LogP contribution < -0.4 is 10.1 Å². The molecule has 0 saturated carbocycles. The van der Waals surface area contributed by atoms with E-state index in [1.807, 2.05) is 0 Å². The monoisotopic (exact) mass is 380 g/mol. The Hall–Kier alpha value is -2.45. The van der Waals surface area contributed by atoms with Crippen LogP contribution in [0.15, 0.2) is 47.4 Å². The SMILES string of the molecule is COc1ccc(C(=O)N[C@@H](C)c2ccc(F)cc2)cc1S(=O)(=O)N(C)C. The molecule has 0 aliphatic heterocycles. The lowest BCUT2D eigenvalue weighted by molar-refractivity contribution is 0.0939. The molecule has 2 aromatic carbocycles. The maximum atomic E-state index is 13.0. The molecule has 0 aliphatic rings. The van der Waals surface area contributed by atoms with Crippen molar-refractivity contribution in [2.24, 2.45) is 0 Å². The predicted octanol–water partition coefficient (Wildman–Crippen LogP) is 2.58. The molecule has 0 aromatic heterocycles. The lowest BCUT2D eigenvalue weighted by atomic mass is 10.1. The van der Waals surface area contributed by atoms with Crippen LogP contribution in [0.2, 0.25) is 0 Å². The molecule has 6 nitrogen and oxygen atoms in total. The second-order valence-corrected chi connectivity index (χ2v) is 8.02. The molecule has 2 rings (SSSR count). The van der Waals surface area contributed by atoms with Crippen LogP contribution in [0, 0.1) is 5.82 Å². The Morgan fingerprint density at radius 3 is 2.31 bits per heavy atom. The van der Waals surface area contributed by atoms with Gasteiger partial charge in [-0.25, -0.2) is 17.1 Å². The van der Waals surface area contributed by atoms with Gasteiger partial charge in [-0.15, -0.1) is 0 Å². The summed E-state index contributed by atoms with van der Waals surface area (Å²) in [4.78, 5) is 12.4. The lowest BCUT2D eigenvalue weighted by Crippen LogP contribution is -2.27. The topological polar surface area (TPSA) is 75.7 Å². The number of nitrogens with zero attached hydrogens (tertiary/aromatic N) is 1. The number of sulfonamides is 1. The molecule has 1 amide bonds. The van der Waals surface area contributed by atoms with Crippen molar-refractivity contribution in [3.05, 3.63) is 59.4 Å². The molecular weight excluding hydrogens is 359 g/mol. The zero-order chi connectivity index (χ0) is 19.5. The summed E-state index contributed by atoms with van der Waals surface area (Å²) in [6, 6.07) is 9.61. The van der Waals surface area contributed by atoms with Gasteiger partial charge in [-0.3, -0.25) is 4.79 Å². The number of hydrogen-bond donors (Lipinski definition) is 1. The van der Waals surface area contributed by atoms with Crippen molar-refractivity contribution in [1.29, 1.82) is 0 Å². The third-order valence-electron chi connectivity index (χ3n) is 3.90. The van der Waals surface area contributed by atoms with E-state index in [9.17, 15) is 17.6 Å². The fourth-order valence-corrected chi connectivity index (χ4v) is 3.41. The molecule has 0 fully saturated rings. The molecule has 0 heterocycles. The van der Waals surface area contributed by atoms with Crippen molar-refractivity contribution in [2.75, 3.05) is 21.2 Å². The molecule has 0 spiro atoms. The summed E-state index contributed by atoms with van der Waals surface area (Å²) in [5.74, 6) is -0.650. The standard InChI is InChI=1S/C18H21FN2O4S/c1-12(13-5-8-15(19)9-6-13)20-18(22)14-7-10-16(25-4)17(11-14)26(23,24)21(2)3/h5-12H,1-4H3,(H,20,22)/t12-/m0/s1. The third-order valence-corrected chi connectivity index (χ3v) is 5.74. The first-order valence-corrected chi connectivity index (χ1v) is 9.27. The van der Waals surface area contributed by atoms with Crippen LogP contribution in [0.1, 0.15) is 28.9 Å². The van der Waals surface area contributed by atoms with Gasteiger partial charge in [0.1, 0.15) is 16.5 Å². The molecule has 0 aliphatic carbocycles. The smallest absolute Gasteiger partial charge is 0.251 e. The molecule has 2 aromatic rings. The first-order valence-electron chi connectivity index (χ1n) is 7.83. The molecule has 1 atom stereocenters. The van der Waals surface area contributed by atoms with Crippen LogP contribution in [0.5, 0.6) is 5.75 Å². The lowest BCUT2D eigenvalue weighted by Gasteiger charge is -2.17. The molecule has 26 heavy (non-hydrogen) atoms. The van der Waals surface area contributed by atoms with Gasteiger partial charge in [0.25, 0.3) is 5.91 Å². The highest BCUT2D eigenvalue weighted by Crippen LogP contribution is 2.27. The average molecular weight is 380 g/mol. The predicted molar refractivity (Wildman–Crippen MR) is 96.1 cm³/mol. The minimum Gasteiger partial charge on any atom is -0.495 e. The van der Waals surface area contributed by atoms with E-state index in [0.717, 1.165) is 9.87 Å². The Kier molecular flexibility index (Phi) is 5.99. The highest BCUT2D eigenvalue weighted by molar-refractivity contribution is 7.89. The van der Waals surface area contributed by atoms with Gasteiger partial charge in [0.2, 0.25) is 10.0 Å². The van der Waals surface area contributed by atoms with E-state index in [2.05, 4.69) is 5.32 Å². The summed E-state index contributed by atoms with van der Waals surface area (Å²) in [6.07, 6.45) is 0. The number of halogens is 1. The molecule has 0 saturated heterocycles. The molecule has 140 valence electrons. The number of carbonyl (C=O) groups excluding carboxylic acids is 1. The van der Waals surface area contributed by atoms with Crippen LogP contribution in [-0.4, -0.2) is 39.8 Å². The van der Waals surface area contributed by atoms with E-state index in [-0.39, 0.29) is 28.1 Å². The van der Waals surface area contributed by atoms with Crippen molar-refractivity contribution < 1.29 is 22.3 Å². The third kappa shape index (κ3) is 4.20. The van der Waals surface area contributed by atoms with Crippen LogP contribution >= 0.6 is 0 Å². The highest BCUT2D eigenvalue weighted by Gasteiger charge is 2.24. The Labute approximate surface area is 152 Å². The minimum atomic E-state index is -3.77. The van der Waals surface area contributed by atoms with Gasteiger partial charge in [-0.05, 0) is 42.8 Å². The molecule has 8 heteroatoms. The van der Waals surface area contributed by atoms with E-state index in [4.69, 9.17) is 4.74 Å². The molecular formula is C18H21FN2O4S. The van der Waals surface area contributed by atoms with Crippen LogP contribution in [0.25, 0.3) is 0 Å². The zero-order valence-electron chi connectivity index (χ0n) is 15.0. The van der Waals surface area contributed by atoms with E-state index in [1.54, 1.807) is 19.1 Å². The first kappa shape index (κ1) is 19.9. The Morgan fingerprint density at radius 1 is 1.15 bits per heavy atom. The normalized spacial score (nSPS) is 12.7. The van der Waals surface area contributed by atoms with Crippen LogP contribution in [0.3, 0.4) is 0 Å². The van der Waals surface area contributed by atoms with Crippen LogP contribution in [-0.2, 0) is 10.0 Å². The molecule has 0 bridgehead atoms. The summed E-state index contributed by atoms with van der Waals surface area (Å²) in [5, 5.41) is 2.77. The van der Waals surface area contributed by atoms with Gasteiger partial charge in [-0.1, -0.05) is 12.1 Å². The van der Waals surface area contributed by atoms with Gasteiger partial charge in [-0.2, -0.15) is 0 Å². The number of amides is 1. The Bertz CT molecular complexity index is 896.